The van der Waals surface area contributed by atoms with Crippen LogP contribution in [0.1, 0.15) is 5.56 Å². The molecule has 1 heterocycles. The van der Waals surface area contributed by atoms with Crippen molar-refractivity contribution >= 4 is 0 Å². The van der Waals surface area contributed by atoms with E-state index >= 15 is 0 Å². The summed E-state index contributed by atoms with van der Waals surface area (Å²) < 4.78 is 31.8. The van der Waals surface area contributed by atoms with Gasteiger partial charge in [-0.15, -0.1) is 0 Å². The topological polar surface area (TPSA) is 49.9 Å². The zero-order chi connectivity index (χ0) is 13.7. The van der Waals surface area contributed by atoms with Crippen LogP contribution in [-0.2, 0) is 11.3 Å². The van der Waals surface area contributed by atoms with Gasteiger partial charge in [-0.2, -0.15) is 5.10 Å². The van der Waals surface area contributed by atoms with Gasteiger partial charge in [-0.25, -0.2) is 8.78 Å². The molecule has 2 rings (SSSR count). The Morgan fingerprint density at radius 1 is 1.37 bits per heavy atom. The van der Waals surface area contributed by atoms with E-state index in [1.54, 1.807) is 13.3 Å². The minimum Gasteiger partial charge on any atom is -0.383 e. The molecule has 0 aliphatic heterocycles. The van der Waals surface area contributed by atoms with Crippen molar-refractivity contribution in [2.24, 2.45) is 0 Å². The van der Waals surface area contributed by atoms with E-state index in [1.165, 1.54) is 0 Å². The summed E-state index contributed by atoms with van der Waals surface area (Å²) in [4.78, 5) is 0. The van der Waals surface area contributed by atoms with E-state index in [0.29, 0.717) is 25.4 Å². The van der Waals surface area contributed by atoms with Gasteiger partial charge in [0, 0.05) is 31.3 Å². The van der Waals surface area contributed by atoms with E-state index in [0.717, 1.165) is 23.8 Å². The highest BCUT2D eigenvalue weighted by Crippen LogP contribution is 2.24. The predicted molar refractivity (Wildman–Crippen MR) is 67.5 cm³/mol. The molecule has 0 amide bonds. The van der Waals surface area contributed by atoms with Gasteiger partial charge in [0.2, 0.25) is 0 Å². The van der Waals surface area contributed by atoms with Crippen molar-refractivity contribution in [2.45, 2.75) is 6.54 Å². The number of halogens is 2. The molecule has 0 atom stereocenters. The Morgan fingerprint density at radius 3 is 3.00 bits per heavy atom. The van der Waals surface area contributed by atoms with Gasteiger partial charge in [-0.05, 0) is 18.2 Å². The van der Waals surface area contributed by atoms with Crippen molar-refractivity contribution in [3.05, 3.63) is 41.6 Å². The Labute approximate surface area is 109 Å². The van der Waals surface area contributed by atoms with Gasteiger partial charge < -0.3 is 10.1 Å². The van der Waals surface area contributed by atoms with E-state index in [2.05, 4.69) is 15.5 Å². The molecule has 19 heavy (non-hydrogen) atoms. The zero-order valence-electron chi connectivity index (χ0n) is 10.5. The maximum Gasteiger partial charge on any atom is 0.132 e. The third kappa shape index (κ3) is 3.36. The number of hydrogen-bond acceptors (Lipinski definition) is 3. The molecule has 102 valence electrons. The minimum absolute atomic E-state index is 0.182. The summed E-state index contributed by atoms with van der Waals surface area (Å²) >= 11 is 0. The van der Waals surface area contributed by atoms with Gasteiger partial charge in [0.05, 0.1) is 18.5 Å². The number of H-pyrrole nitrogens is 1. The summed E-state index contributed by atoms with van der Waals surface area (Å²) in [5.41, 5.74) is 1.45. The normalized spacial score (nSPS) is 10.9. The predicted octanol–water partition coefficient (Wildman–Crippen LogP) is 2.09. The SMILES string of the molecule is COCCNCc1cn[nH]c1-c1cc(F)ccc1F. The van der Waals surface area contributed by atoms with Crippen molar-refractivity contribution in [1.29, 1.82) is 0 Å². The number of rotatable bonds is 6. The highest BCUT2D eigenvalue weighted by atomic mass is 19.1. The Balaban J connectivity index is 2.16. The maximum atomic E-state index is 13.7. The molecule has 0 aliphatic rings. The van der Waals surface area contributed by atoms with Gasteiger partial charge in [-0.3, -0.25) is 5.10 Å². The Morgan fingerprint density at radius 2 is 2.21 bits per heavy atom. The number of benzene rings is 1. The van der Waals surface area contributed by atoms with Crippen molar-refractivity contribution < 1.29 is 13.5 Å². The molecule has 0 saturated carbocycles. The van der Waals surface area contributed by atoms with Gasteiger partial charge in [0.15, 0.2) is 0 Å². The smallest absolute Gasteiger partial charge is 0.132 e. The largest absolute Gasteiger partial charge is 0.383 e. The summed E-state index contributed by atoms with van der Waals surface area (Å²) in [6.45, 7) is 1.76. The Hall–Kier alpha value is -1.79. The van der Waals surface area contributed by atoms with Gasteiger partial charge in [-0.1, -0.05) is 0 Å². The number of hydrogen-bond donors (Lipinski definition) is 2. The molecule has 0 spiro atoms. The average molecular weight is 267 g/mol. The van der Waals surface area contributed by atoms with E-state index in [1.807, 2.05) is 0 Å². The Kier molecular flexibility index (Phi) is 4.59. The molecule has 2 aromatic rings. The lowest BCUT2D eigenvalue weighted by atomic mass is 10.1. The molecule has 0 unspecified atom stereocenters. The lowest BCUT2D eigenvalue weighted by molar-refractivity contribution is 0.199. The molecule has 0 radical (unpaired) electrons. The quantitative estimate of drug-likeness (QED) is 0.788. The molecule has 0 saturated heterocycles. The first-order valence-corrected chi connectivity index (χ1v) is 5.89. The van der Waals surface area contributed by atoms with Gasteiger partial charge in [0.1, 0.15) is 11.6 Å². The fourth-order valence-corrected chi connectivity index (χ4v) is 1.76. The number of nitrogens with one attached hydrogen (secondary N) is 2. The number of ether oxygens (including phenoxy) is 1. The molecule has 6 heteroatoms. The fraction of sp³-hybridized carbons (Fsp3) is 0.308. The van der Waals surface area contributed by atoms with Crippen LogP contribution in [0.2, 0.25) is 0 Å². The molecular formula is C13H15F2N3O. The zero-order valence-corrected chi connectivity index (χ0v) is 10.5. The van der Waals surface area contributed by atoms with Gasteiger partial charge >= 0.3 is 0 Å². The third-order valence-electron chi connectivity index (χ3n) is 2.71. The standard InChI is InChI=1S/C13H15F2N3O/c1-19-5-4-16-7-9-8-17-18-13(9)11-6-10(14)2-3-12(11)15/h2-3,6,8,16H,4-5,7H2,1H3,(H,17,18). The first kappa shape index (κ1) is 13.6. The fourth-order valence-electron chi connectivity index (χ4n) is 1.76. The second kappa shape index (κ2) is 6.40. The number of aromatic nitrogens is 2. The molecule has 0 aliphatic carbocycles. The van der Waals surface area contributed by atoms with Crippen LogP contribution in [0.15, 0.2) is 24.4 Å². The van der Waals surface area contributed by atoms with Crippen molar-refractivity contribution in [3.8, 4) is 11.3 Å². The highest BCUT2D eigenvalue weighted by molar-refractivity contribution is 5.63. The van der Waals surface area contributed by atoms with E-state index in [9.17, 15) is 8.78 Å². The second-order valence-corrected chi connectivity index (χ2v) is 4.06. The molecular weight excluding hydrogens is 252 g/mol. The maximum absolute atomic E-state index is 13.7. The number of methoxy groups -OCH3 is 1. The van der Waals surface area contributed by atoms with Gasteiger partial charge in [0.25, 0.3) is 0 Å². The summed E-state index contributed by atoms with van der Waals surface area (Å²) in [6.07, 6.45) is 1.60. The summed E-state index contributed by atoms with van der Waals surface area (Å²) in [5, 5.41) is 9.72. The molecule has 2 N–H and O–H groups in total. The molecule has 4 nitrogen and oxygen atoms in total. The van der Waals surface area contributed by atoms with Crippen LogP contribution >= 0.6 is 0 Å². The van der Waals surface area contributed by atoms with E-state index in [4.69, 9.17) is 4.74 Å². The minimum atomic E-state index is -0.483. The second-order valence-electron chi connectivity index (χ2n) is 4.06. The molecule has 0 fully saturated rings. The van der Waals surface area contributed by atoms with Crippen LogP contribution in [0, 0.1) is 11.6 Å². The average Bonchev–Trinajstić information content (AvgIpc) is 2.86. The molecule has 1 aromatic carbocycles. The van der Waals surface area contributed by atoms with Crippen LogP contribution in [0.5, 0.6) is 0 Å². The highest BCUT2D eigenvalue weighted by Gasteiger charge is 2.12. The van der Waals surface area contributed by atoms with Crippen molar-refractivity contribution in [1.82, 2.24) is 15.5 Å². The van der Waals surface area contributed by atoms with Crippen LogP contribution in [0.3, 0.4) is 0 Å². The van der Waals surface area contributed by atoms with E-state index in [-0.39, 0.29) is 5.56 Å². The van der Waals surface area contributed by atoms with E-state index < -0.39 is 11.6 Å². The Bertz CT molecular complexity index is 542. The van der Waals surface area contributed by atoms with Crippen LogP contribution in [-0.4, -0.2) is 30.5 Å². The van der Waals surface area contributed by atoms with Crippen LogP contribution < -0.4 is 5.32 Å². The summed E-state index contributed by atoms with van der Waals surface area (Å²) in [5.74, 6) is -0.965. The first-order chi connectivity index (χ1) is 9.22. The first-order valence-electron chi connectivity index (χ1n) is 5.89. The molecule has 1 aromatic heterocycles. The van der Waals surface area contributed by atoms with Crippen molar-refractivity contribution in [3.63, 3.8) is 0 Å². The molecule has 0 bridgehead atoms. The summed E-state index contributed by atoms with van der Waals surface area (Å²) in [7, 11) is 1.62. The number of aromatic amines is 1. The van der Waals surface area contributed by atoms with Crippen LogP contribution in [0.4, 0.5) is 8.78 Å². The monoisotopic (exact) mass is 267 g/mol. The summed E-state index contributed by atoms with van der Waals surface area (Å²) in [6, 6.07) is 3.35. The van der Waals surface area contributed by atoms with Crippen LogP contribution in [0.25, 0.3) is 11.3 Å². The third-order valence-corrected chi connectivity index (χ3v) is 2.71. The lowest BCUT2D eigenvalue weighted by Gasteiger charge is -2.06. The number of nitrogens with zero attached hydrogens (tertiary/aromatic N) is 1. The van der Waals surface area contributed by atoms with Crippen molar-refractivity contribution in [2.75, 3.05) is 20.3 Å². The lowest BCUT2D eigenvalue weighted by Crippen LogP contribution is -2.18.